The van der Waals surface area contributed by atoms with E-state index >= 15 is 0 Å². The largest absolute Gasteiger partial charge is 0.492 e. The van der Waals surface area contributed by atoms with E-state index in [4.69, 9.17) is 16.3 Å². The Morgan fingerprint density at radius 2 is 1.37 bits per heavy atom. The van der Waals surface area contributed by atoms with Gasteiger partial charge in [0.15, 0.2) is 0 Å². The van der Waals surface area contributed by atoms with Crippen molar-refractivity contribution in [1.82, 2.24) is 4.90 Å². The molecular weight excluding hydrogens is 394 g/mol. The molecule has 1 unspecified atom stereocenters. The highest BCUT2D eigenvalue weighted by molar-refractivity contribution is 6.19. The summed E-state index contributed by atoms with van der Waals surface area (Å²) in [6.07, 6.45) is -0.791. The van der Waals surface area contributed by atoms with Crippen LogP contribution in [0.15, 0.2) is 84.9 Å². The third-order valence-corrected chi connectivity index (χ3v) is 5.14. The van der Waals surface area contributed by atoms with Gasteiger partial charge in [0, 0.05) is 6.54 Å². The van der Waals surface area contributed by atoms with Crippen molar-refractivity contribution < 1.29 is 9.84 Å². The Morgan fingerprint density at radius 3 is 1.90 bits per heavy atom. The number of halogens is 1. The topological polar surface area (TPSA) is 32.7 Å². The quantitative estimate of drug-likeness (QED) is 0.381. The number of likely N-dealkylation sites (N-methyl/N-ethyl adjacent to an activating group) is 1. The van der Waals surface area contributed by atoms with Crippen molar-refractivity contribution in [2.75, 3.05) is 33.1 Å². The Kier molecular flexibility index (Phi) is 8.09. The molecule has 30 heavy (non-hydrogen) atoms. The van der Waals surface area contributed by atoms with E-state index in [-0.39, 0.29) is 5.88 Å². The minimum Gasteiger partial charge on any atom is -0.492 e. The first-order chi connectivity index (χ1) is 14.6. The molecule has 3 nitrogen and oxygen atoms in total. The summed E-state index contributed by atoms with van der Waals surface area (Å²) < 4.78 is 5.84. The fourth-order valence-electron chi connectivity index (χ4n) is 3.34. The minimum absolute atomic E-state index is 0.117. The molecular formula is C26H28ClNO2. The molecule has 0 aliphatic carbocycles. The zero-order valence-electron chi connectivity index (χ0n) is 17.5. The number of benzene rings is 3. The van der Waals surface area contributed by atoms with Crippen molar-refractivity contribution in [2.45, 2.75) is 6.10 Å². The maximum absolute atomic E-state index is 10.9. The first kappa shape index (κ1) is 22.1. The van der Waals surface area contributed by atoms with Crippen LogP contribution in [0.2, 0.25) is 0 Å². The standard InChI is InChI=1S/C26H28ClNO2/c1-28(2)17-18-30-23-15-13-22(14-16-23)25(20-9-5-3-6-10-20)26(24(29)19-27)21-11-7-4-8-12-21/h3-16,24,29H,17-19H2,1-2H3/b26-25+. The Bertz CT molecular complexity index is 938. The molecule has 1 N–H and O–H groups in total. The fourth-order valence-corrected chi connectivity index (χ4v) is 3.50. The van der Waals surface area contributed by atoms with Crippen LogP contribution in [0.5, 0.6) is 5.75 Å². The van der Waals surface area contributed by atoms with Gasteiger partial charge in [-0.1, -0.05) is 72.8 Å². The summed E-state index contributed by atoms with van der Waals surface area (Å²) in [7, 11) is 4.05. The number of aliphatic hydroxyl groups excluding tert-OH is 1. The lowest BCUT2D eigenvalue weighted by Gasteiger charge is -2.21. The smallest absolute Gasteiger partial charge is 0.119 e. The molecule has 0 radical (unpaired) electrons. The normalized spacial score (nSPS) is 13.1. The highest BCUT2D eigenvalue weighted by Crippen LogP contribution is 2.35. The predicted molar refractivity (Wildman–Crippen MR) is 126 cm³/mol. The van der Waals surface area contributed by atoms with Gasteiger partial charge in [-0.05, 0) is 54.1 Å². The van der Waals surface area contributed by atoms with Gasteiger partial charge in [0.1, 0.15) is 12.4 Å². The second-order valence-electron chi connectivity index (χ2n) is 7.37. The van der Waals surface area contributed by atoms with Gasteiger partial charge in [0.2, 0.25) is 0 Å². The Labute approximate surface area is 184 Å². The van der Waals surface area contributed by atoms with Crippen LogP contribution in [0, 0.1) is 0 Å². The Hall–Kier alpha value is -2.59. The molecule has 0 heterocycles. The van der Waals surface area contributed by atoms with Crippen molar-refractivity contribution in [3.8, 4) is 5.75 Å². The van der Waals surface area contributed by atoms with Crippen LogP contribution in [0.4, 0.5) is 0 Å². The third-order valence-electron chi connectivity index (χ3n) is 4.85. The van der Waals surface area contributed by atoms with Crippen molar-refractivity contribution in [3.05, 3.63) is 102 Å². The lowest BCUT2D eigenvalue weighted by Crippen LogP contribution is -2.19. The SMILES string of the molecule is CN(C)CCOc1ccc(/C(=C(\c2ccccc2)C(O)CCl)c2ccccc2)cc1. The average Bonchev–Trinajstić information content (AvgIpc) is 2.78. The van der Waals surface area contributed by atoms with Crippen LogP contribution in [-0.4, -0.2) is 49.2 Å². The monoisotopic (exact) mass is 421 g/mol. The number of aliphatic hydroxyl groups is 1. The molecule has 156 valence electrons. The van der Waals surface area contributed by atoms with Crippen LogP contribution >= 0.6 is 11.6 Å². The van der Waals surface area contributed by atoms with Crippen molar-refractivity contribution in [1.29, 1.82) is 0 Å². The van der Waals surface area contributed by atoms with Gasteiger partial charge in [-0.25, -0.2) is 0 Å². The molecule has 0 bridgehead atoms. The summed E-state index contributed by atoms with van der Waals surface area (Å²) in [5, 5.41) is 10.9. The van der Waals surface area contributed by atoms with Crippen LogP contribution < -0.4 is 4.74 Å². The summed E-state index contributed by atoms with van der Waals surface area (Å²) in [6, 6.07) is 28.1. The summed E-state index contributed by atoms with van der Waals surface area (Å²) in [5.41, 5.74) is 4.77. The molecule has 4 heteroatoms. The lowest BCUT2D eigenvalue weighted by molar-refractivity contribution is 0.257. The van der Waals surface area contributed by atoms with Gasteiger partial charge in [-0.15, -0.1) is 11.6 Å². The highest BCUT2D eigenvalue weighted by atomic mass is 35.5. The number of rotatable bonds is 9. The molecule has 3 aromatic rings. The zero-order chi connectivity index (χ0) is 21.3. The summed E-state index contributed by atoms with van der Waals surface area (Å²) in [6.45, 7) is 1.49. The van der Waals surface area contributed by atoms with E-state index in [9.17, 15) is 5.11 Å². The van der Waals surface area contributed by atoms with Gasteiger partial charge in [-0.2, -0.15) is 0 Å². The van der Waals surface area contributed by atoms with Crippen molar-refractivity contribution in [2.24, 2.45) is 0 Å². The van der Waals surface area contributed by atoms with E-state index in [1.165, 1.54) is 0 Å². The maximum Gasteiger partial charge on any atom is 0.119 e. The van der Waals surface area contributed by atoms with Crippen LogP contribution in [0.3, 0.4) is 0 Å². The Morgan fingerprint density at radius 1 is 0.833 bits per heavy atom. The molecule has 0 aliphatic heterocycles. The van der Waals surface area contributed by atoms with E-state index < -0.39 is 6.10 Å². The molecule has 3 rings (SSSR count). The van der Waals surface area contributed by atoms with E-state index in [1.54, 1.807) is 0 Å². The van der Waals surface area contributed by atoms with Crippen molar-refractivity contribution >= 4 is 22.7 Å². The van der Waals surface area contributed by atoms with Gasteiger partial charge in [0.25, 0.3) is 0 Å². The average molecular weight is 422 g/mol. The number of hydrogen-bond donors (Lipinski definition) is 1. The maximum atomic E-state index is 10.9. The van der Waals surface area contributed by atoms with Crippen LogP contribution in [-0.2, 0) is 0 Å². The highest BCUT2D eigenvalue weighted by Gasteiger charge is 2.20. The minimum atomic E-state index is -0.791. The lowest BCUT2D eigenvalue weighted by atomic mass is 9.87. The number of nitrogens with zero attached hydrogens (tertiary/aromatic N) is 1. The van der Waals surface area contributed by atoms with Crippen LogP contribution in [0.1, 0.15) is 16.7 Å². The number of alkyl halides is 1. The molecule has 0 spiro atoms. The van der Waals surface area contributed by atoms with E-state index in [1.807, 2.05) is 86.9 Å². The summed E-state index contributed by atoms with van der Waals surface area (Å²) in [5.74, 6) is 0.943. The van der Waals surface area contributed by atoms with E-state index in [0.717, 1.165) is 40.1 Å². The first-order valence-corrected chi connectivity index (χ1v) is 10.6. The molecule has 0 aliphatic rings. The fraction of sp³-hybridized carbons (Fsp3) is 0.231. The van der Waals surface area contributed by atoms with Crippen LogP contribution in [0.25, 0.3) is 11.1 Å². The van der Waals surface area contributed by atoms with Gasteiger partial charge < -0.3 is 14.7 Å². The Balaban J connectivity index is 2.08. The molecule has 0 amide bonds. The molecule has 0 fully saturated rings. The number of hydrogen-bond acceptors (Lipinski definition) is 3. The summed E-state index contributed by atoms with van der Waals surface area (Å²) in [4.78, 5) is 2.09. The zero-order valence-corrected chi connectivity index (χ0v) is 18.2. The molecule has 0 saturated carbocycles. The van der Waals surface area contributed by atoms with Gasteiger partial charge >= 0.3 is 0 Å². The van der Waals surface area contributed by atoms with Crippen molar-refractivity contribution in [3.63, 3.8) is 0 Å². The molecule has 3 aromatic carbocycles. The first-order valence-electron chi connectivity index (χ1n) is 10.1. The molecule has 0 saturated heterocycles. The van der Waals surface area contributed by atoms with E-state index in [2.05, 4.69) is 17.0 Å². The van der Waals surface area contributed by atoms with Gasteiger partial charge in [-0.3, -0.25) is 0 Å². The molecule has 0 aromatic heterocycles. The second-order valence-corrected chi connectivity index (χ2v) is 7.68. The third kappa shape index (κ3) is 5.73. The second kappa shape index (κ2) is 11.0. The predicted octanol–water partition coefficient (Wildman–Crippen LogP) is 5.19. The molecule has 1 atom stereocenters. The van der Waals surface area contributed by atoms with Gasteiger partial charge in [0.05, 0.1) is 12.0 Å². The number of ether oxygens (including phenoxy) is 1. The van der Waals surface area contributed by atoms with E-state index in [0.29, 0.717) is 6.61 Å². The summed E-state index contributed by atoms with van der Waals surface area (Å²) >= 11 is 6.12.